The highest BCUT2D eigenvalue weighted by Gasteiger charge is 2.47. The SMILES string of the molecule is C=CC[C@H]1C(C)=NN(C(=O)c2cccnc2)[C@@]1(C)O. The molecule has 1 aliphatic rings. The van der Waals surface area contributed by atoms with E-state index in [1.165, 1.54) is 6.20 Å². The molecule has 2 atom stereocenters. The van der Waals surface area contributed by atoms with Crippen molar-refractivity contribution in [1.29, 1.82) is 0 Å². The molecule has 5 nitrogen and oxygen atoms in total. The Morgan fingerprint density at radius 1 is 1.68 bits per heavy atom. The van der Waals surface area contributed by atoms with Crippen LogP contribution in [0.5, 0.6) is 0 Å². The van der Waals surface area contributed by atoms with Crippen molar-refractivity contribution in [3.63, 3.8) is 0 Å². The fraction of sp³-hybridized carbons (Fsp3) is 0.357. The first kappa shape index (κ1) is 13.4. The number of hydrogen-bond acceptors (Lipinski definition) is 4. The Balaban J connectivity index is 2.31. The summed E-state index contributed by atoms with van der Waals surface area (Å²) in [6, 6.07) is 3.33. The molecule has 2 rings (SSSR count). The second kappa shape index (κ2) is 4.93. The third kappa shape index (κ3) is 2.29. The molecule has 1 N–H and O–H groups in total. The summed E-state index contributed by atoms with van der Waals surface area (Å²) < 4.78 is 0. The summed E-state index contributed by atoms with van der Waals surface area (Å²) in [5, 5.41) is 15.9. The largest absolute Gasteiger partial charge is 0.369 e. The van der Waals surface area contributed by atoms with Crippen LogP contribution in [0.25, 0.3) is 0 Å². The van der Waals surface area contributed by atoms with E-state index in [4.69, 9.17) is 0 Å². The zero-order valence-electron chi connectivity index (χ0n) is 11.1. The summed E-state index contributed by atoms with van der Waals surface area (Å²) in [5.74, 6) is -0.588. The standard InChI is InChI=1S/C14H17N3O2/c1-4-6-12-10(2)16-17(14(12,3)19)13(18)11-7-5-8-15-9-11/h4-5,7-9,12,19H,1,6H2,2-3H3/t12-,14-/m0/s1. The third-order valence-electron chi connectivity index (χ3n) is 3.35. The quantitative estimate of drug-likeness (QED) is 0.842. The Morgan fingerprint density at radius 3 is 3.00 bits per heavy atom. The smallest absolute Gasteiger partial charge is 0.278 e. The summed E-state index contributed by atoms with van der Waals surface area (Å²) in [5.41, 5.74) is -0.216. The monoisotopic (exact) mass is 259 g/mol. The molecule has 0 bridgehead atoms. The molecule has 2 heterocycles. The van der Waals surface area contributed by atoms with Crippen molar-refractivity contribution in [2.75, 3.05) is 0 Å². The highest BCUT2D eigenvalue weighted by Crippen LogP contribution is 2.34. The van der Waals surface area contributed by atoms with Gasteiger partial charge in [0.1, 0.15) is 0 Å². The van der Waals surface area contributed by atoms with Gasteiger partial charge in [-0.05, 0) is 32.4 Å². The van der Waals surface area contributed by atoms with E-state index in [0.29, 0.717) is 12.0 Å². The summed E-state index contributed by atoms with van der Waals surface area (Å²) in [4.78, 5) is 16.3. The van der Waals surface area contributed by atoms with Crippen LogP contribution in [0, 0.1) is 5.92 Å². The van der Waals surface area contributed by atoms with Crippen LogP contribution in [-0.4, -0.2) is 32.4 Å². The lowest BCUT2D eigenvalue weighted by atomic mass is 9.90. The maximum atomic E-state index is 12.4. The van der Waals surface area contributed by atoms with Crippen LogP contribution in [-0.2, 0) is 0 Å². The van der Waals surface area contributed by atoms with Gasteiger partial charge < -0.3 is 5.11 Å². The predicted molar refractivity (Wildman–Crippen MR) is 72.4 cm³/mol. The minimum absolute atomic E-state index is 0.231. The Morgan fingerprint density at radius 2 is 2.42 bits per heavy atom. The number of aliphatic hydroxyl groups is 1. The highest BCUT2D eigenvalue weighted by molar-refractivity contribution is 5.98. The van der Waals surface area contributed by atoms with Crippen molar-refractivity contribution in [3.8, 4) is 0 Å². The van der Waals surface area contributed by atoms with E-state index < -0.39 is 5.72 Å². The second-order valence-corrected chi connectivity index (χ2v) is 4.77. The molecule has 0 saturated heterocycles. The van der Waals surface area contributed by atoms with Crippen molar-refractivity contribution < 1.29 is 9.90 Å². The fourth-order valence-electron chi connectivity index (χ4n) is 2.30. The molecule has 5 heteroatoms. The Bertz CT molecular complexity index is 523. The zero-order valence-corrected chi connectivity index (χ0v) is 11.1. The molecule has 1 aromatic rings. The number of hydrazone groups is 1. The maximum absolute atomic E-state index is 12.4. The molecule has 0 spiro atoms. The van der Waals surface area contributed by atoms with Crippen molar-refractivity contribution in [1.82, 2.24) is 9.99 Å². The highest BCUT2D eigenvalue weighted by atomic mass is 16.3. The van der Waals surface area contributed by atoms with Gasteiger partial charge in [-0.15, -0.1) is 6.58 Å². The van der Waals surface area contributed by atoms with E-state index >= 15 is 0 Å². The first-order valence-electron chi connectivity index (χ1n) is 6.11. The molecule has 0 fully saturated rings. The molecule has 0 aromatic carbocycles. The molecule has 100 valence electrons. The Kier molecular flexibility index (Phi) is 3.48. The fourth-order valence-corrected chi connectivity index (χ4v) is 2.30. The first-order chi connectivity index (χ1) is 8.98. The van der Waals surface area contributed by atoms with Gasteiger partial charge in [-0.1, -0.05) is 6.08 Å². The molecule has 1 aromatic heterocycles. The van der Waals surface area contributed by atoms with E-state index in [9.17, 15) is 9.90 Å². The van der Waals surface area contributed by atoms with Crippen molar-refractivity contribution in [2.45, 2.75) is 26.0 Å². The van der Waals surface area contributed by atoms with Gasteiger partial charge in [0.05, 0.1) is 11.5 Å². The lowest BCUT2D eigenvalue weighted by Gasteiger charge is -2.32. The third-order valence-corrected chi connectivity index (χ3v) is 3.35. The molecule has 0 unspecified atom stereocenters. The number of hydrogen-bond donors (Lipinski definition) is 1. The number of rotatable bonds is 3. The van der Waals surface area contributed by atoms with Gasteiger partial charge in [-0.2, -0.15) is 10.1 Å². The lowest BCUT2D eigenvalue weighted by molar-refractivity contribution is -0.0819. The van der Waals surface area contributed by atoms with E-state index in [-0.39, 0.29) is 11.8 Å². The number of nitrogens with zero attached hydrogens (tertiary/aromatic N) is 3. The van der Waals surface area contributed by atoms with Crippen LogP contribution in [0.3, 0.4) is 0 Å². The first-order valence-corrected chi connectivity index (χ1v) is 6.11. The van der Waals surface area contributed by atoms with Crippen LogP contribution in [0.1, 0.15) is 30.6 Å². The second-order valence-electron chi connectivity index (χ2n) is 4.77. The summed E-state index contributed by atoms with van der Waals surface area (Å²) in [7, 11) is 0. The number of pyridine rings is 1. The van der Waals surface area contributed by atoms with Crippen molar-refractivity contribution in [2.24, 2.45) is 11.0 Å². The number of aromatic nitrogens is 1. The number of carbonyl (C=O) groups is 1. The predicted octanol–water partition coefficient (Wildman–Crippen LogP) is 1.81. The normalized spacial score (nSPS) is 26.2. The topological polar surface area (TPSA) is 65.8 Å². The van der Waals surface area contributed by atoms with Crippen molar-refractivity contribution in [3.05, 3.63) is 42.7 Å². The van der Waals surface area contributed by atoms with Gasteiger partial charge in [0, 0.05) is 18.1 Å². The molecule has 0 saturated carbocycles. The molecule has 1 aliphatic heterocycles. The van der Waals surface area contributed by atoms with Gasteiger partial charge in [-0.3, -0.25) is 9.78 Å². The molecule has 0 radical (unpaired) electrons. The van der Waals surface area contributed by atoms with Crippen LogP contribution in [0.4, 0.5) is 0 Å². The summed E-state index contributed by atoms with van der Waals surface area (Å²) >= 11 is 0. The van der Waals surface area contributed by atoms with Gasteiger partial charge in [0.2, 0.25) is 0 Å². The van der Waals surface area contributed by atoms with Crippen LogP contribution in [0.2, 0.25) is 0 Å². The van der Waals surface area contributed by atoms with E-state index in [1.54, 1.807) is 38.3 Å². The molecule has 0 aliphatic carbocycles. The summed E-state index contributed by atoms with van der Waals surface area (Å²) in [6.07, 6.45) is 5.34. The molecular weight excluding hydrogens is 242 g/mol. The molecule has 19 heavy (non-hydrogen) atoms. The van der Waals surface area contributed by atoms with E-state index in [2.05, 4.69) is 16.7 Å². The number of carbonyl (C=O) groups excluding carboxylic acids is 1. The number of allylic oxidation sites excluding steroid dienone is 1. The van der Waals surface area contributed by atoms with Crippen LogP contribution in [0.15, 0.2) is 42.3 Å². The average molecular weight is 259 g/mol. The van der Waals surface area contributed by atoms with Gasteiger partial charge >= 0.3 is 0 Å². The number of amides is 1. The minimum atomic E-state index is -1.34. The van der Waals surface area contributed by atoms with Gasteiger partial charge in [0.15, 0.2) is 5.72 Å². The zero-order chi connectivity index (χ0) is 14.0. The Labute approximate surface area is 112 Å². The summed E-state index contributed by atoms with van der Waals surface area (Å²) in [6.45, 7) is 7.07. The van der Waals surface area contributed by atoms with Crippen LogP contribution < -0.4 is 0 Å². The Hall–Kier alpha value is -2.01. The average Bonchev–Trinajstić information content (AvgIpc) is 2.63. The van der Waals surface area contributed by atoms with E-state index in [0.717, 1.165) is 10.7 Å². The molecule has 1 amide bonds. The van der Waals surface area contributed by atoms with Crippen LogP contribution >= 0.6 is 0 Å². The van der Waals surface area contributed by atoms with Gasteiger partial charge in [-0.25, -0.2) is 0 Å². The van der Waals surface area contributed by atoms with E-state index in [1.807, 2.05) is 0 Å². The lowest BCUT2D eigenvalue weighted by Crippen LogP contribution is -2.48. The van der Waals surface area contributed by atoms with Gasteiger partial charge in [0.25, 0.3) is 5.91 Å². The molecular formula is C14H17N3O2. The maximum Gasteiger partial charge on any atom is 0.278 e. The minimum Gasteiger partial charge on any atom is -0.369 e. The van der Waals surface area contributed by atoms with Crippen molar-refractivity contribution >= 4 is 11.6 Å².